The Morgan fingerprint density at radius 1 is 1.62 bits per heavy atom. The Hall–Kier alpha value is 0.300. The molecule has 0 aromatic rings. The van der Waals surface area contributed by atoms with Gasteiger partial charge >= 0.3 is 0 Å². The molecule has 3 N–H and O–H groups in total. The molecule has 0 unspecified atom stereocenters. The van der Waals surface area contributed by atoms with Gasteiger partial charge in [0, 0.05) is 5.25 Å². The zero-order valence-electron chi connectivity index (χ0n) is 4.94. The Labute approximate surface area is 64.5 Å². The molecule has 8 heavy (non-hydrogen) atoms. The topological polar surface area (TPSA) is 49.9 Å². The van der Waals surface area contributed by atoms with Crippen molar-refractivity contribution in [1.29, 1.82) is 5.41 Å². The van der Waals surface area contributed by atoms with Gasteiger partial charge in [0.25, 0.3) is 0 Å². The highest BCUT2D eigenvalue weighted by atomic mass is 79.9. The SMILES string of the molecule is CC(C)SC(=N)N.[Br-]. The van der Waals surface area contributed by atoms with E-state index in [4.69, 9.17) is 11.1 Å². The van der Waals surface area contributed by atoms with E-state index in [1.165, 1.54) is 11.8 Å². The Morgan fingerprint density at radius 3 is 2.00 bits per heavy atom. The molecule has 0 radical (unpaired) electrons. The molecule has 0 fully saturated rings. The summed E-state index contributed by atoms with van der Waals surface area (Å²) in [5.74, 6) is 0. The van der Waals surface area contributed by atoms with Crippen LogP contribution in [0.4, 0.5) is 0 Å². The third-order valence-electron chi connectivity index (χ3n) is 0.363. The van der Waals surface area contributed by atoms with E-state index in [0.29, 0.717) is 5.25 Å². The van der Waals surface area contributed by atoms with Crippen LogP contribution in [-0.4, -0.2) is 10.4 Å². The smallest absolute Gasteiger partial charge is 0.151 e. The van der Waals surface area contributed by atoms with Crippen molar-refractivity contribution in [3.63, 3.8) is 0 Å². The van der Waals surface area contributed by atoms with E-state index in [-0.39, 0.29) is 22.1 Å². The quantitative estimate of drug-likeness (QED) is 0.379. The summed E-state index contributed by atoms with van der Waals surface area (Å²) in [5.41, 5.74) is 5.04. The third kappa shape index (κ3) is 9.57. The monoisotopic (exact) mass is 197 g/mol. The lowest BCUT2D eigenvalue weighted by Crippen LogP contribution is -3.00. The maximum absolute atomic E-state index is 6.77. The van der Waals surface area contributed by atoms with Crippen molar-refractivity contribution in [2.24, 2.45) is 5.73 Å². The second-order valence-corrected chi connectivity index (χ2v) is 3.15. The van der Waals surface area contributed by atoms with Gasteiger partial charge in [-0.05, 0) is 0 Å². The van der Waals surface area contributed by atoms with E-state index in [1.807, 2.05) is 13.8 Å². The molecule has 0 spiro atoms. The molecular formula is C4H10BrN2S-. The van der Waals surface area contributed by atoms with Crippen LogP contribution in [0.15, 0.2) is 0 Å². The summed E-state index contributed by atoms with van der Waals surface area (Å²) >= 11 is 1.37. The van der Waals surface area contributed by atoms with Gasteiger partial charge in [-0.25, -0.2) is 0 Å². The van der Waals surface area contributed by atoms with E-state index in [9.17, 15) is 0 Å². The highest BCUT2D eigenvalue weighted by Gasteiger charge is 1.93. The minimum atomic E-state index is 0. The first kappa shape index (κ1) is 11.1. The van der Waals surface area contributed by atoms with Gasteiger partial charge in [0.15, 0.2) is 5.17 Å². The van der Waals surface area contributed by atoms with Crippen molar-refractivity contribution in [3.8, 4) is 0 Å². The van der Waals surface area contributed by atoms with Crippen LogP contribution in [0.2, 0.25) is 0 Å². The molecule has 0 aliphatic rings. The fourth-order valence-corrected chi connectivity index (χ4v) is 0.762. The van der Waals surface area contributed by atoms with Crippen LogP contribution >= 0.6 is 11.8 Å². The van der Waals surface area contributed by atoms with Crippen LogP contribution < -0.4 is 22.7 Å². The van der Waals surface area contributed by atoms with Crippen molar-refractivity contribution < 1.29 is 17.0 Å². The molecule has 2 nitrogen and oxygen atoms in total. The first-order chi connectivity index (χ1) is 3.13. The molecule has 0 aromatic heterocycles. The summed E-state index contributed by atoms with van der Waals surface area (Å²) in [6, 6.07) is 0. The first-order valence-electron chi connectivity index (χ1n) is 2.13. The Kier molecular flexibility index (Phi) is 7.57. The zero-order chi connectivity index (χ0) is 5.86. The van der Waals surface area contributed by atoms with Crippen LogP contribution in [0.3, 0.4) is 0 Å². The van der Waals surface area contributed by atoms with E-state index < -0.39 is 0 Å². The van der Waals surface area contributed by atoms with Crippen molar-refractivity contribution in [1.82, 2.24) is 0 Å². The number of hydrogen-bond acceptors (Lipinski definition) is 2. The molecule has 0 aliphatic heterocycles. The molecular weight excluding hydrogens is 188 g/mol. The normalized spacial score (nSPS) is 8.38. The van der Waals surface area contributed by atoms with Crippen molar-refractivity contribution >= 4 is 16.9 Å². The molecule has 0 atom stereocenters. The average Bonchev–Trinajstić information content (AvgIpc) is 1.27. The number of hydrogen-bond donors (Lipinski definition) is 2. The van der Waals surface area contributed by atoms with Crippen molar-refractivity contribution in [2.75, 3.05) is 0 Å². The maximum atomic E-state index is 6.77. The van der Waals surface area contributed by atoms with Crippen LogP contribution in [-0.2, 0) is 0 Å². The molecule has 0 heterocycles. The number of nitrogens with two attached hydrogens (primary N) is 1. The molecule has 50 valence electrons. The van der Waals surface area contributed by atoms with E-state index in [0.717, 1.165) is 0 Å². The maximum Gasteiger partial charge on any atom is 0.151 e. The number of thioether (sulfide) groups is 1. The molecule has 4 heteroatoms. The van der Waals surface area contributed by atoms with Crippen LogP contribution in [0.5, 0.6) is 0 Å². The summed E-state index contributed by atoms with van der Waals surface area (Å²) in [6.07, 6.45) is 0. The predicted molar refractivity (Wildman–Crippen MR) is 34.6 cm³/mol. The first-order valence-corrected chi connectivity index (χ1v) is 3.01. The summed E-state index contributed by atoms with van der Waals surface area (Å²) < 4.78 is 0. The standard InChI is InChI=1S/C4H10N2S.BrH/c1-3(2)7-4(5)6;/h3H,1-2H3,(H3,5,6);1H/p-1. The molecule has 0 rings (SSSR count). The third-order valence-corrected chi connectivity index (χ3v) is 1.09. The summed E-state index contributed by atoms with van der Waals surface area (Å²) in [5, 5.41) is 7.41. The number of amidine groups is 1. The van der Waals surface area contributed by atoms with Gasteiger partial charge < -0.3 is 22.7 Å². The van der Waals surface area contributed by atoms with Crippen molar-refractivity contribution in [3.05, 3.63) is 0 Å². The lowest BCUT2D eigenvalue weighted by atomic mass is 10.6. The van der Waals surface area contributed by atoms with Crippen LogP contribution in [0, 0.1) is 5.41 Å². The number of rotatable bonds is 1. The molecule has 0 amide bonds. The molecule has 0 aromatic carbocycles. The fraction of sp³-hybridized carbons (Fsp3) is 0.750. The van der Waals surface area contributed by atoms with E-state index >= 15 is 0 Å². The predicted octanol–water partition coefficient (Wildman–Crippen LogP) is -1.97. The van der Waals surface area contributed by atoms with Gasteiger partial charge in [0.2, 0.25) is 0 Å². The van der Waals surface area contributed by atoms with E-state index in [1.54, 1.807) is 0 Å². The van der Waals surface area contributed by atoms with Crippen molar-refractivity contribution in [2.45, 2.75) is 19.1 Å². The second kappa shape index (κ2) is 5.44. The second-order valence-electron chi connectivity index (χ2n) is 1.53. The van der Waals surface area contributed by atoms with Gasteiger partial charge in [-0.15, -0.1) is 0 Å². The number of nitrogens with one attached hydrogen (secondary N) is 1. The zero-order valence-corrected chi connectivity index (χ0v) is 7.34. The van der Waals surface area contributed by atoms with Gasteiger partial charge in [-0.2, -0.15) is 0 Å². The van der Waals surface area contributed by atoms with Gasteiger partial charge in [-0.3, -0.25) is 5.41 Å². The van der Waals surface area contributed by atoms with Gasteiger partial charge in [0.1, 0.15) is 0 Å². The molecule has 0 saturated carbocycles. The summed E-state index contributed by atoms with van der Waals surface area (Å²) in [6.45, 7) is 4.01. The lowest BCUT2D eigenvalue weighted by molar-refractivity contribution is -0.00000194. The highest BCUT2D eigenvalue weighted by molar-refractivity contribution is 8.14. The Bertz CT molecular complexity index is 74.4. The van der Waals surface area contributed by atoms with E-state index in [2.05, 4.69) is 0 Å². The van der Waals surface area contributed by atoms with Gasteiger partial charge in [-0.1, -0.05) is 25.6 Å². The molecule has 0 saturated heterocycles. The minimum Gasteiger partial charge on any atom is -1.00 e. The largest absolute Gasteiger partial charge is 1.00 e. The minimum absolute atomic E-state index is 0. The summed E-state index contributed by atoms with van der Waals surface area (Å²) in [7, 11) is 0. The van der Waals surface area contributed by atoms with Gasteiger partial charge in [0.05, 0.1) is 0 Å². The Balaban J connectivity index is 0. The lowest BCUT2D eigenvalue weighted by Gasteiger charge is -1.97. The fourth-order valence-electron chi connectivity index (χ4n) is 0.254. The number of halogens is 1. The summed E-state index contributed by atoms with van der Waals surface area (Å²) in [4.78, 5) is 0. The average molecular weight is 198 g/mol. The highest BCUT2D eigenvalue weighted by Crippen LogP contribution is 2.05. The molecule has 0 bridgehead atoms. The molecule has 0 aliphatic carbocycles. The Morgan fingerprint density at radius 2 is 2.00 bits per heavy atom. The van der Waals surface area contributed by atoms with Crippen LogP contribution in [0.25, 0.3) is 0 Å². The van der Waals surface area contributed by atoms with Crippen LogP contribution in [0.1, 0.15) is 13.8 Å².